The summed E-state index contributed by atoms with van der Waals surface area (Å²) in [5.74, 6) is 2.48. The predicted molar refractivity (Wildman–Crippen MR) is 132 cm³/mol. The van der Waals surface area contributed by atoms with Gasteiger partial charge in [0.1, 0.15) is 11.6 Å². The van der Waals surface area contributed by atoms with Crippen LogP contribution in [0.5, 0.6) is 0 Å². The minimum atomic E-state index is -0.208. The number of hydrogen-bond acceptors (Lipinski definition) is 8. The lowest BCUT2D eigenvalue weighted by molar-refractivity contribution is 0.484. The molecule has 0 spiro atoms. The highest BCUT2D eigenvalue weighted by Gasteiger charge is 2.28. The van der Waals surface area contributed by atoms with Crippen molar-refractivity contribution in [3.8, 4) is 0 Å². The second-order valence-corrected chi connectivity index (χ2v) is 9.28. The molecule has 10 heteroatoms. The van der Waals surface area contributed by atoms with Gasteiger partial charge < -0.3 is 20.9 Å². The zero-order chi connectivity index (χ0) is 23.8. The first-order chi connectivity index (χ1) is 16.4. The van der Waals surface area contributed by atoms with Crippen molar-refractivity contribution in [3.05, 3.63) is 40.6 Å². The number of nitrogens with one attached hydrogen (secondary N) is 4. The number of anilines is 5. The summed E-state index contributed by atoms with van der Waals surface area (Å²) in [6, 6.07) is 2.15. The normalized spacial score (nSPS) is 18.3. The Hall–Kier alpha value is -3.27. The van der Waals surface area contributed by atoms with Gasteiger partial charge in [-0.05, 0) is 57.6 Å². The second-order valence-electron chi connectivity index (χ2n) is 9.28. The smallest absolute Gasteiger partial charge is 0.230 e. The fourth-order valence-corrected chi connectivity index (χ4v) is 4.56. The number of aromatic amines is 1. The van der Waals surface area contributed by atoms with Crippen LogP contribution in [-0.4, -0.2) is 50.8 Å². The highest BCUT2D eigenvalue weighted by molar-refractivity contribution is 5.73. The summed E-state index contributed by atoms with van der Waals surface area (Å²) in [7, 11) is 0. The Balaban J connectivity index is 1.48. The summed E-state index contributed by atoms with van der Waals surface area (Å²) in [5, 5.41) is 17.6. The molecule has 4 N–H and O–H groups in total. The molecule has 1 atom stereocenters. The van der Waals surface area contributed by atoms with Crippen molar-refractivity contribution >= 4 is 29.1 Å². The van der Waals surface area contributed by atoms with E-state index in [9.17, 15) is 4.39 Å². The number of aryl methyl sites for hydroxylation is 2. The van der Waals surface area contributed by atoms with Gasteiger partial charge in [-0.1, -0.05) is 6.92 Å². The Morgan fingerprint density at radius 3 is 2.74 bits per heavy atom. The molecule has 3 aromatic rings. The number of nitrogens with zero attached hydrogens (tertiary/aromatic N) is 5. The van der Waals surface area contributed by atoms with Crippen LogP contribution in [0.25, 0.3) is 0 Å². The lowest BCUT2D eigenvalue weighted by Crippen LogP contribution is -2.49. The Morgan fingerprint density at radius 1 is 1.18 bits per heavy atom. The number of aromatic nitrogens is 5. The summed E-state index contributed by atoms with van der Waals surface area (Å²) in [5.41, 5.74) is 4.19. The molecule has 9 nitrogen and oxygen atoms in total. The number of piperazine rings is 1. The largest absolute Gasteiger partial charge is 0.364 e. The second kappa shape index (κ2) is 9.17. The number of H-pyrrole nitrogens is 1. The average Bonchev–Trinajstić information content (AvgIpc) is 3.60. The molecule has 180 valence electrons. The quantitative estimate of drug-likeness (QED) is 0.414. The molecule has 0 radical (unpaired) electrons. The fraction of sp³-hybridized carbons (Fsp3) is 0.500. The monoisotopic (exact) mass is 465 g/mol. The van der Waals surface area contributed by atoms with Gasteiger partial charge in [-0.25, -0.2) is 14.4 Å². The van der Waals surface area contributed by atoms with Crippen LogP contribution in [0, 0.1) is 19.7 Å². The van der Waals surface area contributed by atoms with Gasteiger partial charge in [0.2, 0.25) is 5.95 Å². The van der Waals surface area contributed by atoms with E-state index in [4.69, 9.17) is 4.98 Å². The Morgan fingerprint density at radius 2 is 2.00 bits per heavy atom. The van der Waals surface area contributed by atoms with E-state index in [1.165, 1.54) is 0 Å². The maximum atomic E-state index is 14.5. The number of rotatable bonds is 7. The molecule has 5 rings (SSSR count). The molecule has 4 heterocycles. The maximum Gasteiger partial charge on any atom is 0.230 e. The van der Waals surface area contributed by atoms with Crippen LogP contribution >= 0.6 is 0 Å². The molecule has 2 aliphatic rings. The maximum absolute atomic E-state index is 14.5. The summed E-state index contributed by atoms with van der Waals surface area (Å²) >= 11 is 0. The highest BCUT2D eigenvalue weighted by atomic mass is 19.1. The minimum Gasteiger partial charge on any atom is -0.364 e. The predicted octanol–water partition coefficient (Wildman–Crippen LogP) is 4.08. The van der Waals surface area contributed by atoms with Gasteiger partial charge in [-0.15, -0.1) is 0 Å². The summed E-state index contributed by atoms with van der Waals surface area (Å²) < 4.78 is 14.5. The van der Waals surface area contributed by atoms with E-state index in [-0.39, 0.29) is 11.7 Å². The van der Waals surface area contributed by atoms with E-state index < -0.39 is 0 Å². The van der Waals surface area contributed by atoms with Crippen molar-refractivity contribution in [1.29, 1.82) is 0 Å². The number of pyridine rings is 1. The van der Waals surface area contributed by atoms with Crippen LogP contribution in [0.2, 0.25) is 0 Å². The molecule has 1 aliphatic heterocycles. The van der Waals surface area contributed by atoms with E-state index in [1.807, 2.05) is 13.1 Å². The van der Waals surface area contributed by atoms with Crippen LogP contribution in [0.15, 0.2) is 12.3 Å². The van der Waals surface area contributed by atoms with Crippen LogP contribution < -0.4 is 20.9 Å². The first-order valence-electron chi connectivity index (χ1n) is 12.0. The van der Waals surface area contributed by atoms with Crippen molar-refractivity contribution in [3.63, 3.8) is 0 Å². The van der Waals surface area contributed by atoms with Crippen LogP contribution in [0.4, 0.5) is 33.5 Å². The third-order valence-corrected chi connectivity index (χ3v) is 6.55. The number of hydrogen-bond donors (Lipinski definition) is 4. The van der Waals surface area contributed by atoms with E-state index in [2.05, 4.69) is 54.9 Å². The first-order valence-corrected chi connectivity index (χ1v) is 12.0. The third-order valence-electron chi connectivity index (χ3n) is 6.55. The molecule has 1 saturated carbocycles. The highest BCUT2D eigenvalue weighted by Crippen LogP contribution is 2.42. The molecule has 0 amide bonds. The minimum absolute atomic E-state index is 0.208. The van der Waals surface area contributed by atoms with E-state index in [0.29, 0.717) is 29.3 Å². The van der Waals surface area contributed by atoms with Crippen molar-refractivity contribution < 1.29 is 4.39 Å². The van der Waals surface area contributed by atoms with Gasteiger partial charge in [0, 0.05) is 36.9 Å². The van der Waals surface area contributed by atoms with E-state index in [0.717, 1.165) is 67.2 Å². The van der Waals surface area contributed by atoms with E-state index in [1.54, 1.807) is 13.0 Å². The molecular formula is C24H32FN9. The summed E-state index contributed by atoms with van der Waals surface area (Å²) in [4.78, 5) is 16.1. The van der Waals surface area contributed by atoms with E-state index >= 15 is 0 Å². The molecule has 2 fully saturated rings. The fourth-order valence-electron chi connectivity index (χ4n) is 4.56. The lowest BCUT2D eigenvalue weighted by atomic mass is 10.1. The SMILES string of the molecule is CCc1c(Nc2nc(Nc3cc(C4CC4)c(F)c(C)n3)ncc2N2CCNC(C)C2)n[nH]c1C. The average molecular weight is 466 g/mol. The summed E-state index contributed by atoms with van der Waals surface area (Å²) in [6.45, 7) is 10.6. The zero-order valence-electron chi connectivity index (χ0n) is 20.2. The van der Waals surface area contributed by atoms with Gasteiger partial charge in [0.15, 0.2) is 11.6 Å². The van der Waals surface area contributed by atoms with Gasteiger partial charge >= 0.3 is 0 Å². The van der Waals surface area contributed by atoms with Crippen molar-refractivity contribution in [2.45, 2.75) is 58.9 Å². The van der Waals surface area contributed by atoms with Gasteiger partial charge in [-0.3, -0.25) is 5.10 Å². The van der Waals surface area contributed by atoms with Crippen molar-refractivity contribution in [2.75, 3.05) is 35.2 Å². The standard InChI is InChI=1S/C24H32FN9/c1-5-17-14(3)32-33-22(17)30-23-19(34-9-8-26-13(2)12-34)11-27-24(31-23)29-20-10-18(16-6-7-16)21(25)15(4)28-20/h10-11,13,16,26H,5-9,12H2,1-4H3,(H3,27,28,29,30,31,32,33). The first kappa shape index (κ1) is 22.5. The molecule has 1 unspecified atom stereocenters. The van der Waals surface area contributed by atoms with Crippen LogP contribution in [0.1, 0.15) is 55.1 Å². The van der Waals surface area contributed by atoms with Gasteiger partial charge in [0.05, 0.1) is 17.6 Å². The van der Waals surface area contributed by atoms with Gasteiger partial charge in [-0.2, -0.15) is 10.1 Å². The van der Waals surface area contributed by atoms with Crippen molar-refractivity contribution in [2.24, 2.45) is 0 Å². The zero-order valence-corrected chi connectivity index (χ0v) is 20.2. The Kier molecular flexibility index (Phi) is 6.07. The molecule has 0 aromatic carbocycles. The van der Waals surface area contributed by atoms with Gasteiger partial charge in [0.25, 0.3) is 0 Å². The lowest BCUT2D eigenvalue weighted by Gasteiger charge is -2.34. The molecule has 1 aliphatic carbocycles. The van der Waals surface area contributed by atoms with Crippen molar-refractivity contribution in [1.82, 2.24) is 30.5 Å². The molecule has 0 bridgehead atoms. The Bertz CT molecular complexity index is 1190. The van der Waals surface area contributed by atoms with Crippen LogP contribution in [0.3, 0.4) is 0 Å². The molecule has 34 heavy (non-hydrogen) atoms. The topological polar surface area (TPSA) is 107 Å². The third kappa shape index (κ3) is 4.54. The Labute approximate surface area is 199 Å². The molecular weight excluding hydrogens is 433 g/mol. The summed E-state index contributed by atoms with van der Waals surface area (Å²) in [6.07, 6.45) is 4.72. The molecule has 1 saturated heterocycles. The van der Waals surface area contributed by atoms with Crippen LogP contribution in [-0.2, 0) is 6.42 Å². The number of halogens is 1. The molecule has 3 aromatic heterocycles.